The molecule has 0 radical (unpaired) electrons. The van der Waals surface area contributed by atoms with Crippen LogP contribution in [0.15, 0.2) is 35.9 Å². The number of ether oxygens (including phenoxy) is 5. The molecular weight excluding hydrogens is 440 g/mol. The number of allylic oxidation sites excluding steroid dienone is 1. The number of carbonyl (C=O) groups is 3. The lowest BCUT2D eigenvalue weighted by molar-refractivity contribution is -0.157. The molecule has 34 heavy (non-hydrogen) atoms. The Morgan fingerprint density at radius 3 is 2.29 bits per heavy atom. The number of hydrogen-bond acceptors (Lipinski definition) is 8. The first-order valence-corrected chi connectivity index (χ1v) is 11.2. The number of benzene rings is 2. The van der Waals surface area contributed by atoms with Gasteiger partial charge in [-0.15, -0.1) is 0 Å². The molecule has 1 aliphatic rings. The molecule has 1 aliphatic carbocycles. The van der Waals surface area contributed by atoms with Gasteiger partial charge in [0.2, 0.25) is 0 Å². The predicted octanol–water partition coefficient (Wildman–Crippen LogP) is 3.81. The van der Waals surface area contributed by atoms with Gasteiger partial charge in [0.15, 0.2) is 5.78 Å². The third-order valence-electron chi connectivity index (χ3n) is 6.03. The van der Waals surface area contributed by atoms with Crippen molar-refractivity contribution in [3.63, 3.8) is 0 Å². The summed E-state index contributed by atoms with van der Waals surface area (Å²) in [6, 6.07) is 7.31. The van der Waals surface area contributed by atoms with Crippen LogP contribution in [-0.2, 0) is 30.3 Å². The molecule has 0 aliphatic heterocycles. The van der Waals surface area contributed by atoms with E-state index in [1.54, 1.807) is 40.2 Å². The summed E-state index contributed by atoms with van der Waals surface area (Å²) in [5.41, 5.74) is -0.830. The fourth-order valence-corrected chi connectivity index (χ4v) is 4.50. The number of esters is 2. The van der Waals surface area contributed by atoms with Gasteiger partial charge in [-0.05, 0) is 44.9 Å². The number of fused-ring (bicyclic) bond motifs is 1. The molecule has 2 aromatic rings. The molecule has 0 fully saturated rings. The Morgan fingerprint density at radius 1 is 0.971 bits per heavy atom. The van der Waals surface area contributed by atoms with Crippen LogP contribution in [0.3, 0.4) is 0 Å². The summed E-state index contributed by atoms with van der Waals surface area (Å²) in [5, 5.41) is 1.45. The molecule has 1 atom stereocenters. The predicted molar refractivity (Wildman–Crippen MR) is 125 cm³/mol. The average Bonchev–Trinajstić information content (AvgIpc) is 2.84. The number of methoxy groups -OCH3 is 3. The second kappa shape index (κ2) is 10.6. The first kappa shape index (κ1) is 25.1. The second-order valence-corrected chi connectivity index (χ2v) is 7.88. The van der Waals surface area contributed by atoms with Crippen LogP contribution < -0.4 is 14.2 Å². The normalized spacial score (nSPS) is 17.7. The number of rotatable bonds is 9. The van der Waals surface area contributed by atoms with Crippen LogP contribution in [0.4, 0.5) is 0 Å². The molecule has 8 heteroatoms. The molecule has 0 saturated heterocycles. The third-order valence-corrected chi connectivity index (χ3v) is 6.03. The number of ketones is 1. The van der Waals surface area contributed by atoms with Crippen molar-refractivity contribution in [2.45, 2.75) is 33.1 Å². The van der Waals surface area contributed by atoms with E-state index in [2.05, 4.69) is 0 Å². The molecule has 0 amide bonds. The Hall–Kier alpha value is -3.55. The number of carbonyl (C=O) groups excluding carboxylic acids is 3. The minimum Gasteiger partial charge on any atom is -0.496 e. The van der Waals surface area contributed by atoms with Gasteiger partial charge in [-0.3, -0.25) is 9.59 Å². The van der Waals surface area contributed by atoms with E-state index in [1.807, 2.05) is 12.1 Å². The van der Waals surface area contributed by atoms with Crippen LogP contribution in [0.25, 0.3) is 10.8 Å². The minimum absolute atomic E-state index is 0.00908. The summed E-state index contributed by atoms with van der Waals surface area (Å²) >= 11 is 0. The monoisotopic (exact) mass is 470 g/mol. The van der Waals surface area contributed by atoms with Gasteiger partial charge in [-0.25, -0.2) is 4.79 Å². The first-order chi connectivity index (χ1) is 16.4. The topological polar surface area (TPSA) is 97.4 Å². The van der Waals surface area contributed by atoms with Gasteiger partial charge in [0, 0.05) is 17.4 Å². The van der Waals surface area contributed by atoms with E-state index in [4.69, 9.17) is 23.7 Å². The van der Waals surface area contributed by atoms with Gasteiger partial charge >= 0.3 is 11.9 Å². The van der Waals surface area contributed by atoms with Crippen LogP contribution >= 0.6 is 0 Å². The quantitative estimate of drug-likeness (QED) is 0.511. The van der Waals surface area contributed by atoms with Crippen molar-refractivity contribution in [2.75, 3.05) is 34.5 Å². The molecule has 8 nitrogen and oxygen atoms in total. The summed E-state index contributed by atoms with van der Waals surface area (Å²) in [5.74, 6) is 0.0533. The Morgan fingerprint density at radius 2 is 1.68 bits per heavy atom. The summed E-state index contributed by atoms with van der Waals surface area (Å²) in [6.45, 7) is 3.58. The van der Waals surface area contributed by atoms with E-state index < -0.39 is 17.4 Å². The lowest BCUT2D eigenvalue weighted by Crippen LogP contribution is -2.43. The van der Waals surface area contributed by atoms with E-state index in [0.717, 1.165) is 5.39 Å². The van der Waals surface area contributed by atoms with E-state index in [0.29, 0.717) is 28.2 Å². The lowest BCUT2D eigenvalue weighted by Gasteiger charge is -2.35. The standard InChI is InChI=1S/C26H30O8/c1-6-33-24(28)19-14-17(27)11-12-26(19,25(29)34-7-2)15-16-13-21(31-4)18-9-8-10-20(30-3)22(18)23(16)32-5/h8-10,13-14H,6-7,11-12,15H2,1-5H3. The van der Waals surface area contributed by atoms with E-state index in [1.165, 1.54) is 13.2 Å². The van der Waals surface area contributed by atoms with Gasteiger partial charge in [0.05, 0.1) is 45.5 Å². The SMILES string of the molecule is CCOC(=O)C1=CC(=O)CCC1(Cc1cc(OC)c2cccc(OC)c2c1OC)C(=O)OCC. The fraction of sp³-hybridized carbons (Fsp3) is 0.423. The molecule has 0 N–H and O–H groups in total. The smallest absolute Gasteiger partial charge is 0.335 e. The van der Waals surface area contributed by atoms with E-state index in [-0.39, 0.29) is 43.8 Å². The van der Waals surface area contributed by atoms with Crippen molar-refractivity contribution >= 4 is 28.5 Å². The minimum atomic E-state index is -1.43. The van der Waals surface area contributed by atoms with Crippen LogP contribution in [0, 0.1) is 5.41 Å². The Labute approximate surface area is 198 Å². The van der Waals surface area contributed by atoms with Gasteiger partial charge in [0.25, 0.3) is 0 Å². The molecular formula is C26H30O8. The lowest BCUT2D eigenvalue weighted by atomic mass is 9.68. The second-order valence-electron chi connectivity index (χ2n) is 7.88. The van der Waals surface area contributed by atoms with Gasteiger partial charge in [-0.2, -0.15) is 0 Å². The zero-order valence-electron chi connectivity index (χ0n) is 20.2. The highest BCUT2D eigenvalue weighted by Crippen LogP contribution is 2.48. The largest absolute Gasteiger partial charge is 0.496 e. The van der Waals surface area contributed by atoms with Crippen LogP contribution in [0.5, 0.6) is 17.2 Å². The van der Waals surface area contributed by atoms with Gasteiger partial charge < -0.3 is 23.7 Å². The molecule has 1 unspecified atom stereocenters. The molecule has 0 bridgehead atoms. The van der Waals surface area contributed by atoms with Crippen molar-refractivity contribution in [3.8, 4) is 17.2 Å². The first-order valence-electron chi connectivity index (χ1n) is 11.2. The highest BCUT2D eigenvalue weighted by atomic mass is 16.5. The maximum absolute atomic E-state index is 13.4. The van der Waals surface area contributed by atoms with Crippen LogP contribution in [0.2, 0.25) is 0 Å². The highest BCUT2D eigenvalue weighted by molar-refractivity contribution is 6.07. The van der Waals surface area contributed by atoms with Crippen molar-refractivity contribution in [1.82, 2.24) is 0 Å². The fourth-order valence-electron chi connectivity index (χ4n) is 4.50. The van der Waals surface area contributed by atoms with Crippen LogP contribution in [-0.4, -0.2) is 52.3 Å². The van der Waals surface area contributed by atoms with E-state index in [9.17, 15) is 14.4 Å². The molecule has 0 saturated carbocycles. The van der Waals surface area contributed by atoms with Gasteiger partial charge in [0.1, 0.15) is 22.7 Å². The summed E-state index contributed by atoms with van der Waals surface area (Å²) in [7, 11) is 4.64. The average molecular weight is 471 g/mol. The number of hydrogen-bond donors (Lipinski definition) is 0. The third kappa shape index (κ3) is 4.44. The van der Waals surface area contributed by atoms with Crippen molar-refractivity contribution in [2.24, 2.45) is 5.41 Å². The summed E-state index contributed by atoms with van der Waals surface area (Å²) in [4.78, 5) is 38.6. The van der Waals surface area contributed by atoms with Gasteiger partial charge in [-0.1, -0.05) is 12.1 Å². The molecule has 0 heterocycles. The van der Waals surface area contributed by atoms with E-state index >= 15 is 0 Å². The Bertz CT molecular complexity index is 1130. The zero-order chi connectivity index (χ0) is 24.9. The highest BCUT2D eigenvalue weighted by Gasteiger charge is 2.50. The summed E-state index contributed by atoms with van der Waals surface area (Å²) in [6.07, 6.45) is 1.45. The van der Waals surface area contributed by atoms with Crippen molar-refractivity contribution in [3.05, 3.63) is 41.5 Å². The zero-order valence-corrected chi connectivity index (χ0v) is 20.2. The molecule has 182 valence electrons. The maximum atomic E-state index is 13.4. The summed E-state index contributed by atoms with van der Waals surface area (Å²) < 4.78 is 27.6. The van der Waals surface area contributed by atoms with Crippen LogP contribution in [0.1, 0.15) is 32.3 Å². The molecule has 2 aromatic carbocycles. The molecule has 0 aromatic heterocycles. The Balaban J connectivity index is 2.30. The van der Waals surface area contributed by atoms with Crippen molar-refractivity contribution < 1.29 is 38.1 Å². The molecule has 3 rings (SSSR count). The maximum Gasteiger partial charge on any atom is 0.335 e. The molecule has 0 spiro atoms. The van der Waals surface area contributed by atoms with Crippen molar-refractivity contribution in [1.29, 1.82) is 0 Å². The Kier molecular flexibility index (Phi) is 7.81.